The second-order valence-corrected chi connectivity index (χ2v) is 16.4. The van der Waals surface area contributed by atoms with Gasteiger partial charge in [0.1, 0.15) is 22.7 Å². The van der Waals surface area contributed by atoms with Crippen molar-refractivity contribution in [3.8, 4) is 44.9 Å². The minimum absolute atomic E-state index is 0.666. The average molecular weight is 792 g/mol. The van der Waals surface area contributed by atoms with E-state index in [2.05, 4.69) is 217 Å². The van der Waals surface area contributed by atoms with E-state index in [1.807, 2.05) is 12.1 Å². The van der Waals surface area contributed by atoms with Crippen LogP contribution < -0.4 is 9.64 Å². The molecule has 62 heavy (non-hydrogen) atoms. The van der Waals surface area contributed by atoms with Crippen LogP contribution in [0.2, 0.25) is 0 Å². The molecule has 1 aromatic heterocycles. The van der Waals surface area contributed by atoms with Gasteiger partial charge in [-0.15, -0.1) is 0 Å². The predicted octanol–water partition coefficient (Wildman–Crippen LogP) is 16.0. The van der Waals surface area contributed by atoms with Crippen LogP contribution in [-0.4, -0.2) is 0 Å². The van der Waals surface area contributed by atoms with Crippen molar-refractivity contribution < 1.29 is 9.15 Å². The molecule has 0 N–H and O–H groups in total. The SMILES string of the molecule is c1ccc(-c2ccc(N(c3cc(-c4cccc5ccccc45)c4c(c3)C3(c5ccccc5O4)c4ccccc4-c4ccccc43)c3ccc4oc5ccccc5c4c3)cc2)cc1. The predicted molar refractivity (Wildman–Crippen MR) is 254 cm³/mol. The molecule has 13 rings (SSSR count). The van der Waals surface area contributed by atoms with Gasteiger partial charge in [0.25, 0.3) is 0 Å². The highest BCUT2D eigenvalue weighted by Gasteiger charge is 2.52. The van der Waals surface area contributed by atoms with E-state index >= 15 is 0 Å². The number of hydrogen-bond donors (Lipinski definition) is 0. The van der Waals surface area contributed by atoms with Crippen molar-refractivity contribution in [1.29, 1.82) is 0 Å². The first kappa shape index (κ1) is 34.7. The van der Waals surface area contributed by atoms with Gasteiger partial charge in [-0.1, -0.05) is 170 Å². The molecule has 2 heterocycles. The Morgan fingerprint density at radius 3 is 1.74 bits per heavy atom. The van der Waals surface area contributed by atoms with Crippen LogP contribution in [0.5, 0.6) is 11.5 Å². The molecule has 10 aromatic carbocycles. The van der Waals surface area contributed by atoms with E-state index in [9.17, 15) is 0 Å². The van der Waals surface area contributed by atoms with Gasteiger partial charge in [0.05, 0.1) is 5.41 Å². The summed E-state index contributed by atoms with van der Waals surface area (Å²) in [6.07, 6.45) is 0. The summed E-state index contributed by atoms with van der Waals surface area (Å²) < 4.78 is 13.7. The van der Waals surface area contributed by atoms with E-state index in [-0.39, 0.29) is 0 Å². The number of fused-ring (bicyclic) bond motifs is 13. The van der Waals surface area contributed by atoms with Crippen molar-refractivity contribution in [3.63, 3.8) is 0 Å². The lowest BCUT2D eigenvalue weighted by Gasteiger charge is -2.41. The molecule has 0 saturated heterocycles. The Bertz CT molecular complexity index is 3510. The van der Waals surface area contributed by atoms with Crippen LogP contribution in [0.25, 0.3) is 66.1 Å². The van der Waals surface area contributed by atoms with Crippen LogP contribution in [0.15, 0.2) is 229 Å². The zero-order chi connectivity index (χ0) is 40.8. The molecule has 0 amide bonds. The van der Waals surface area contributed by atoms with Crippen molar-refractivity contribution in [1.82, 2.24) is 0 Å². The first-order chi connectivity index (χ1) is 30.7. The van der Waals surface area contributed by atoms with Crippen molar-refractivity contribution in [2.75, 3.05) is 4.90 Å². The third-order valence-corrected chi connectivity index (χ3v) is 13.1. The Balaban J connectivity index is 1.15. The molecule has 0 bridgehead atoms. The lowest BCUT2D eigenvalue weighted by molar-refractivity contribution is 0.438. The Morgan fingerprint density at radius 2 is 0.935 bits per heavy atom. The molecule has 290 valence electrons. The quantitative estimate of drug-likeness (QED) is 0.174. The van der Waals surface area contributed by atoms with Crippen LogP contribution in [0.4, 0.5) is 17.1 Å². The van der Waals surface area contributed by atoms with Crippen LogP contribution in [-0.2, 0) is 5.41 Å². The highest BCUT2D eigenvalue weighted by atomic mass is 16.5. The molecule has 1 aliphatic carbocycles. The number of ether oxygens (including phenoxy) is 1. The standard InChI is InChI=1S/C59H37NO2/c1-2-15-38(16-3-1)39-29-31-41(32-30-39)60(42-33-34-56-49(35-42)48-22-8-12-27-55(48)61-56)43-36-50(45-23-14-18-40-17-4-5-19-44(40)45)58-54(37-43)59(53-26-11-13-28-57(53)62-58)51-24-9-6-20-46(51)47-21-7-10-25-52(47)59/h1-37H. The molecule has 2 aliphatic rings. The molecule has 11 aromatic rings. The van der Waals surface area contributed by atoms with E-state index < -0.39 is 5.41 Å². The van der Waals surface area contributed by atoms with Gasteiger partial charge in [0.2, 0.25) is 0 Å². The van der Waals surface area contributed by atoms with Crippen LogP contribution in [0.3, 0.4) is 0 Å². The molecule has 1 aliphatic heterocycles. The second kappa shape index (κ2) is 13.4. The molecule has 0 saturated carbocycles. The number of benzene rings is 10. The fourth-order valence-electron chi connectivity index (χ4n) is 10.5. The van der Waals surface area contributed by atoms with Crippen molar-refractivity contribution >= 4 is 49.8 Å². The number of para-hydroxylation sites is 2. The number of rotatable bonds is 5. The van der Waals surface area contributed by atoms with Crippen molar-refractivity contribution in [2.24, 2.45) is 0 Å². The summed E-state index contributed by atoms with van der Waals surface area (Å²) in [4.78, 5) is 2.41. The van der Waals surface area contributed by atoms with Gasteiger partial charge >= 0.3 is 0 Å². The zero-order valence-corrected chi connectivity index (χ0v) is 33.6. The molecule has 0 unspecified atom stereocenters. The maximum atomic E-state index is 7.30. The molecule has 3 heteroatoms. The number of furan rings is 1. The van der Waals surface area contributed by atoms with E-state index in [1.54, 1.807) is 0 Å². The van der Waals surface area contributed by atoms with E-state index in [1.165, 1.54) is 38.6 Å². The van der Waals surface area contributed by atoms with Gasteiger partial charge in [0, 0.05) is 44.5 Å². The van der Waals surface area contributed by atoms with Crippen LogP contribution in [0, 0.1) is 0 Å². The smallest absolute Gasteiger partial charge is 0.140 e. The van der Waals surface area contributed by atoms with Gasteiger partial charge in [0.15, 0.2) is 0 Å². The lowest BCUT2D eigenvalue weighted by atomic mass is 9.65. The van der Waals surface area contributed by atoms with Crippen LogP contribution >= 0.6 is 0 Å². The molecular formula is C59H37NO2. The second-order valence-electron chi connectivity index (χ2n) is 16.4. The van der Waals surface area contributed by atoms with Crippen LogP contribution in [0.1, 0.15) is 22.3 Å². The number of hydrogen-bond acceptors (Lipinski definition) is 3. The van der Waals surface area contributed by atoms with Gasteiger partial charge in [-0.3, -0.25) is 0 Å². The zero-order valence-electron chi connectivity index (χ0n) is 33.6. The maximum Gasteiger partial charge on any atom is 0.140 e. The summed E-state index contributed by atoms with van der Waals surface area (Å²) >= 11 is 0. The van der Waals surface area contributed by atoms with E-state index in [0.717, 1.165) is 78.3 Å². The van der Waals surface area contributed by atoms with Gasteiger partial charge in [-0.2, -0.15) is 0 Å². The van der Waals surface area contributed by atoms with E-state index in [4.69, 9.17) is 9.15 Å². The minimum atomic E-state index is -0.666. The monoisotopic (exact) mass is 791 g/mol. The first-order valence-electron chi connectivity index (χ1n) is 21.2. The van der Waals surface area contributed by atoms with Gasteiger partial charge in [-0.05, 0) is 104 Å². The molecule has 0 fully saturated rings. The molecule has 1 spiro atoms. The highest BCUT2D eigenvalue weighted by Crippen LogP contribution is 2.64. The third kappa shape index (κ3) is 5.00. The summed E-state index contributed by atoms with van der Waals surface area (Å²) in [6.45, 7) is 0. The topological polar surface area (TPSA) is 25.6 Å². The largest absolute Gasteiger partial charge is 0.456 e. The Hall–Kier alpha value is -8.14. The van der Waals surface area contributed by atoms with Crippen molar-refractivity contribution in [2.45, 2.75) is 5.41 Å². The van der Waals surface area contributed by atoms with Gasteiger partial charge < -0.3 is 14.1 Å². The lowest BCUT2D eigenvalue weighted by Crippen LogP contribution is -2.32. The minimum Gasteiger partial charge on any atom is -0.456 e. The molecule has 0 atom stereocenters. The normalized spacial score (nSPS) is 13.1. The summed E-state index contributed by atoms with van der Waals surface area (Å²) in [7, 11) is 0. The molecule has 3 nitrogen and oxygen atoms in total. The number of nitrogens with zero attached hydrogens (tertiary/aromatic N) is 1. The Kier molecular flexibility index (Phi) is 7.52. The summed E-state index contributed by atoms with van der Waals surface area (Å²) in [6, 6.07) is 81.0. The van der Waals surface area contributed by atoms with E-state index in [0.29, 0.717) is 0 Å². The fraction of sp³-hybridized carbons (Fsp3) is 0.0169. The molecule has 0 radical (unpaired) electrons. The third-order valence-electron chi connectivity index (χ3n) is 13.1. The summed E-state index contributed by atoms with van der Waals surface area (Å²) in [5, 5.41) is 4.51. The Morgan fingerprint density at radius 1 is 0.339 bits per heavy atom. The fourth-order valence-corrected chi connectivity index (χ4v) is 10.5. The number of anilines is 3. The summed E-state index contributed by atoms with van der Waals surface area (Å²) in [5.41, 5.74) is 15.9. The van der Waals surface area contributed by atoms with Gasteiger partial charge in [-0.25, -0.2) is 0 Å². The summed E-state index contributed by atoms with van der Waals surface area (Å²) in [5.74, 6) is 1.73. The average Bonchev–Trinajstić information content (AvgIpc) is 3.86. The van der Waals surface area contributed by atoms with Crippen molar-refractivity contribution in [3.05, 3.63) is 247 Å². The maximum absolute atomic E-state index is 7.30. The first-order valence-corrected chi connectivity index (χ1v) is 21.2. The molecular weight excluding hydrogens is 755 g/mol. The highest BCUT2D eigenvalue weighted by molar-refractivity contribution is 6.07. The Labute approximate surface area is 359 Å².